The minimum absolute atomic E-state index is 0.0854. The quantitative estimate of drug-likeness (QED) is 0.0261. The first-order valence-electron chi connectivity index (χ1n) is 32.9. The molecule has 0 aromatic rings. The van der Waals surface area contributed by atoms with Crippen LogP contribution in [0.15, 0.2) is 109 Å². The second-order valence-corrected chi connectivity index (χ2v) is 21.6. The summed E-state index contributed by atoms with van der Waals surface area (Å²) in [5.74, 6) is -0.895. The number of hydrogen-bond acceptors (Lipinski definition) is 6. The SMILES string of the molecule is CC/C=C\C/C=C\C/C=C\C/C=C\CCCCCCCCCCCCCCC(=O)OCC(COC(=O)CCCCCCCCC/C=C\C/C=C\C/C=C\CC)OC(=O)CCCCCCCCC/C=C\C/C=C\CCCCCC. The number of ether oxygens (including phenoxy) is 3. The van der Waals surface area contributed by atoms with Crippen LogP contribution < -0.4 is 0 Å². The van der Waals surface area contributed by atoms with Crippen molar-refractivity contribution >= 4 is 17.9 Å². The Labute approximate surface area is 482 Å². The molecule has 0 heterocycles. The molecule has 0 aliphatic heterocycles. The molecule has 0 aromatic heterocycles. The lowest BCUT2D eigenvalue weighted by molar-refractivity contribution is -0.167. The van der Waals surface area contributed by atoms with Crippen molar-refractivity contribution < 1.29 is 28.6 Å². The molecule has 0 saturated heterocycles. The van der Waals surface area contributed by atoms with Crippen LogP contribution in [-0.2, 0) is 28.6 Å². The third-order valence-corrected chi connectivity index (χ3v) is 14.0. The van der Waals surface area contributed by atoms with Gasteiger partial charge in [0.2, 0.25) is 0 Å². The highest BCUT2D eigenvalue weighted by atomic mass is 16.6. The maximum absolute atomic E-state index is 12.9. The fraction of sp³-hybridized carbons (Fsp3) is 0.708. The van der Waals surface area contributed by atoms with Crippen LogP contribution in [0, 0.1) is 0 Å². The molecule has 0 spiro atoms. The zero-order valence-corrected chi connectivity index (χ0v) is 51.2. The number of carbonyl (C=O) groups is 3. The third-order valence-electron chi connectivity index (χ3n) is 14.0. The summed E-state index contributed by atoms with van der Waals surface area (Å²) in [4.78, 5) is 38.4. The number of allylic oxidation sites excluding steroid dienone is 18. The maximum Gasteiger partial charge on any atom is 0.306 e. The normalized spacial score (nSPS) is 12.8. The van der Waals surface area contributed by atoms with Crippen molar-refractivity contribution in [1.82, 2.24) is 0 Å². The Morgan fingerprint density at radius 1 is 0.269 bits per heavy atom. The minimum Gasteiger partial charge on any atom is -0.462 e. The lowest BCUT2D eigenvalue weighted by Crippen LogP contribution is -2.30. The van der Waals surface area contributed by atoms with Crippen molar-refractivity contribution in [3.05, 3.63) is 109 Å². The average molecular weight is 1080 g/mol. The zero-order valence-electron chi connectivity index (χ0n) is 51.2. The van der Waals surface area contributed by atoms with E-state index in [1.807, 2.05) is 0 Å². The van der Waals surface area contributed by atoms with Crippen molar-refractivity contribution in [1.29, 1.82) is 0 Å². The first-order chi connectivity index (χ1) is 38.5. The smallest absolute Gasteiger partial charge is 0.306 e. The fourth-order valence-electron chi connectivity index (χ4n) is 9.13. The van der Waals surface area contributed by atoms with Crippen LogP contribution in [0.1, 0.15) is 310 Å². The summed E-state index contributed by atoms with van der Waals surface area (Å²) in [5, 5.41) is 0. The van der Waals surface area contributed by atoms with Crippen LogP contribution in [0.2, 0.25) is 0 Å². The summed E-state index contributed by atoms with van der Waals surface area (Å²) in [6, 6.07) is 0. The zero-order chi connectivity index (χ0) is 56.4. The summed E-state index contributed by atoms with van der Waals surface area (Å²) in [6.07, 6.45) is 89.5. The van der Waals surface area contributed by atoms with Crippen molar-refractivity contribution in [2.75, 3.05) is 13.2 Å². The molecule has 0 saturated carbocycles. The minimum atomic E-state index is -0.790. The first kappa shape index (κ1) is 74.1. The van der Waals surface area contributed by atoms with Crippen LogP contribution in [0.5, 0.6) is 0 Å². The molecule has 0 fully saturated rings. The standard InChI is InChI=1S/C72H122O6/c1-4-7-10-13-16-19-22-25-28-31-33-34-35-36-37-38-39-42-44-47-50-53-56-59-62-65-71(74)77-68-69(67-76-70(73)64-61-58-55-52-49-46-43-40-30-27-24-21-18-15-12-9-6-3)78-72(75)66-63-60-57-54-51-48-45-41-32-29-26-23-20-17-14-11-8-5-2/h7,9-10,12,16,18-21,23,25,27-30,32-34,69H,4-6,8,11,13-15,17,22,24,26,31,35-68H2,1-3H3/b10-7-,12-9-,19-16-,21-18-,23-20-,28-25-,30-27-,32-29-,34-33-. The van der Waals surface area contributed by atoms with Crippen LogP contribution in [0.4, 0.5) is 0 Å². The Bertz CT molecular complexity index is 1570. The van der Waals surface area contributed by atoms with Crippen LogP contribution in [0.25, 0.3) is 0 Å². The molecule has 0 aliphatic carbocycles. The van der Waals surface area contributed by atoms with Gasteiger partial charge in [0.05, 0.1) is 0 Å². The molecule has 6 nitrogen and oxygen atoms in total. The van der Waals surface area contributed by atoms with Gasteiger partial charge in [-0.25, -0.2) is 0 Å². The Morgan fingerprint density at radius 2 is 0.500 bits per heavy atom. The summed E-state index contributed by atoms with van der Waals surface area (Å²) in [7, 11) is 0. The van der Waals surface area contributed by atoms with Crippen molar-refractivity contribution in [3.8, 4) is 0 Å². The van der Waals surface area contributed by atoms with E-state index in [9.17, 15) is 14.4 Å². The molecule has 1 atom stereocenters. The summed E-state index contributed by atoms with van der Waals surface area (Å²) < 4.78 is 17.0. The molecule has 0 amide bonds. The average Bonchev–Trinajstić information content (AvgIpc) is 3.44. The van der Waals surface area contributed by atoms with Gasteiger partial charge in [0, 0.05) is 19.3 Å². The van der Waals surface area contributed by atoms with E-state index in [1.54, 1.807) is 0 Å². The van der Waals surface area contributed by atoms with E-state index in [0.717, 1.165) is 122 Å². The Hall–Kier alpha value is -3.93. The highest BCUT2D eigenvalue weighted by molar-refractivity contribution is 5.71. The number of unbranched alkanes of at least 4 members (excludes halogenated alkanes) is 30. The van der Waals surface area contributed by atoms with E-state index in [-0.39, 0.29) is 31.1 Å². The number of rotatable bonds is 59. The molecule has 78 heavy (non-hydrogen) atoms. The van der Waals surface area contributed by atoms with Crippen LogP contribution in [0.3, 0.4) is 0 Å². The van der Waals surface area contributed by atoms with E-state index >= 15 is 0 Å². The molecule has 6 heteroatoms. The molecular weight excluding hydrogens is 961 g/mol. The molecule has 0 aromatic carbocycles. The van der Waals surface area contributed by atoms with E-state index < -0.39 is 6.10 Å². The largest absolute Gasteiger partial charge is 0.462 e. The van der Waals surface area contributed by atoms with Crippen LogP contribution in [-0.4, -0.2) is 37.2 Å². The Morgan fingerprint density at radius 3 is 0.782 bits per heavy atom. The summed E-state index contributed by atoms with van der Waals surface area (Å²) >= 11 is 0. The summed E-state index contributed by atoms with van der Waals surface area (Å²) in [5.41, 5.74) is 0. The number of hydrogen-bond donors (Lipinski definition) is 0. The molecule has 0 rings (SSSR count). The highest BCUT2D eigenvalue weighted by Crippen LogP contribution is 2.16. The Balaban J connectivity index is 4.37. The predicted octanol–water partition coefficient (Wildman–Crippen LogP) is 22.6. The maximum atomic E-state index is 12.9. The first-order valence-corrected chi connectivity index (χ1v) is 32.9. The summed E-state index contributed by atoms with van der Waals surface area (Å²) in [6.45, 7) is 6.41. The van der Waals surface area contributed by atoms with Crippen molar-refractivity contribution in [3.63, 3.8) is 0 Å². The lowest BCUT2D eigenvalue weighted by atomic mass is 10.0. The molecule has 1 unspecified atom stereocenters. The second kappa shape index (κ2) is 65.6. The lowest BCUT2D eigenvalue weighted by Gasteiger charge is -2.18. The van der Waals surface area contributed by atoms with Crippen molar-refractivity contribution in [2.45, 2.75) is 316 Å². The van der Waals surface area contributed by atoms with Gasteiger partial charge >= 0.3 is 17.9 Å². The topological polar surface area (TPSA) is 78.9 Å². The van der Waals surface area contributed by atoms with Gasteiger partial charge in [0.1, 0.15) is 13.2 Å². The molecule has 0 N–H and O–H groups in total. The number of esters is 3. The molecule has 0 bridgehead atoms. The van der Waals surface area contributed by atoms with Crippen molar-refractivity contribution in [2.24, 2.45) is 0 Å². The van der Waals surface area contributed by atoms with Gasteiger partial charge in [-0.15, -0.1) is 0 Å². The van der Waals surface area contributed by atoms with Gasteiger partial charge < -0.3 is 14.2 Å². The molecular formula is C72H122O6. The van der Waals surface area contributed by atoms with Gasteiger partial charge in [0.25, 0.3) is 0 Å². The van der Waals surface area contributed by atoms with Gasteiger partial charge in [-0.05, 0) is 122 Å². The van der Waals surface area contributed by atoms with E-state index in [2.05, 4.69) is 130 Å². The van der Waals surface area contributed by atoms with Gasteiger partial charge in [-0.1, -0.05) is 278 Å². The predicted molar refractivity (Wildman–Crippen MR) is 339 cm³/mol. The highest BCUT2D eigenvalue weighted by Gasteiger charge is 2.19. The molecule has 0 radical (unpaired) electrons. The van der Waals surface area contributed by atoms with Gasteiger partial charge in [-0.2, -0.15) is 0 Å². The fourth-order valence-corrected chi connectivity index (χ4v) is 9.13. The van der Waals surface area contributed by atoms with Crippen LogP contribution >= 0.6 is 0 Å². The van der Waals surface area contributed by atoms with E-state index in [4.69, 9.17) is 14.2 Å². The number of carbonyl (C=O) groups excluding carboxylic acids is 3. The van der Waals surface area contributed by atoms with Gasteiger partial charge in [0.15, 0.2) is 6.10 Å². The Kier molecular flexibility index (Phi) is 62.3. The van der Waals surface area contributed by atoms with E-state index in [1.165, 1.54) is 148 Å². The third kappa shape index (κ3) is 62.9. The molecule has 446 valence electrons. The molecule has 0 aliphatic rings. The second-order valence-electron chi connectivity index (χ2n) is 21.6. The van der Waals surface area contributed by atoms with E-state index in [0.29, 0.717) is 19.3 Å². The monoisotopic (exact) mass is 1080 g/mol. The van der Waals surface area contributed by atoms with Gasteiger partial charge in [-0.3, -0.25) is 14.4 Å².